The van der Waals surface area contributed by atoms with Crippen molar-refractivity contribution in [1.82, 2.24) is 9.97 Å². The molecule has 0 fully saturated rings. The fourth-order valence-corrected chi connectivity index (χ4v) is 2.50. The molecule has 0 aliphatic carbocycles. The highest BCUT2D eigenvalue weighted by Gasteiger charge is 2.15. The van der Waals surface area contributed by atoms with E-state index in [0.29, 0.717) is 5.95 Å². The fourth-order valence-electron chi connectivity index (χ4n) is 2.50. The minimum absolute atomic E-state index is 0.0573. The summed E-state index contributed by atoms with van der Waals surface area (Å²) in [6.45, 7) is 6.40. The molecule has 0 aliphatic heterocycles. The van der Waals surface area contributed by atoms with Crippen molar-refractivity contribution >= 4 is 23.2 Å². The molecule has 28 heavy (non-hydrogen) atoms. The van der Waals surface area contributed by atoms with Crippen LogP contribution in [0.2, 0.25) is 0 Å². The molecule has 1 amide bonds. The number of halogens is 2. The summed E-state index contributed by atoms with van der Waals surface area (Å²) >= 11 is 0. The lowest BCUT2D eigenvalue weighted by Gasteiger charge is -2.19. The molecule has 2 N–H and O–H groups in total. The van der Waals surface area contributed by atoms with Crippen LogP contribution in [0.5, 0.6) is 0 Å². The van der Waals surface area contributed by atoms with E-state index in [4.69, 9.17) is 0 Å². The maximum Gasteiger partial charge on any atom is 0.258 e. The van der Waals surface area contributed by atoms with Gasteiger partial charge in [-0.05, 0) is 35.2 Å². The van der Waals surface area contributed by atoms with Crippen molar-refractivity contribution in [1.29, 1.82) is 0 Å². The summed E-state index contributed by atoms with van der Waals surface area (Å²) in [7, 11) is 0. The molecule has 144 valence electrons. The molecule has 1 aromatic heterocycles. The summed E-state index contributed by atoms with van der Waals surface area (Å²) in [5.74, 6) is -2.11. The van der Waals surface area contributed by atoms with Crippen LogP contribution < -0.4 is 10.6 Å². The summed E-state index contributed by atoms with van der Waals surface area (Å²) in [5, 5.41) is 5.24. The highest BCUT2D eigenvalue weighted by Crippen LogP contribution is 2.24. The zero-order valence-electron chi connectivity index (χ0n) is 15.8. The van der Waals surface area contributed by atoms with Crippen molar-refractivity contribution in [3.8, 4) is 0 Å². The van der Waals surface area contributed by atoms with Crippen LogP contribution in [0.3, 0.4) is 0 Å². The molecule has 2 aromatic carbocycles. The monoisotopic (exact) mass is 382 g/mol. The molecule has 3 aromatic rings. The van der Waals surface area contributed by atoms with Gasteiger partial charge in [-0.2, -0.15) is 0 Å². The minimum Gasteiger partial charge on any atom is -0.324 e. The second-order valence-corrected chi connectivity index (χ2v) is 7.30. The van der Waals surface area contributed by atoms with Gasteiger partial charge in [0.05, 0.1) is 5.56 Å². The first-order chi connectivity index (χ1) is 13.2. The van der Waals surface area contributed by atoms with E-state index in [1.54, 1.807) is 0 Å². The Bertz CT molecular complexity index is 961. The number of benzene rings is 2. The maximum absolute atomic E-state index is 13.6. The first-order valence-electron chi connectivity index (χ1n) is 8.69. The molecule has 5 nitrogen and oxygen atoms in total. The van der Waals surface area contributed by atoms with Gasteiger partial charge in [0.15, 0.2) is 0 Å². The van der Waals surface area contributed by atoms with Crippen molar-refractivity contribution in [3.63, 3.8) is 0 Å². The topological polar surface area (TPSA) is 66.9 Å². The SMILES string of the molecule is CC(C)(C)c1ccc(Nc2ncc(C(=O)Nc3c(F)cccc3F)cn2)cc1. The highest BCUT2D eigenvalue weighted by molar-refractivity contribution is 6.04. The van der Waals surface area contributed by atoms with E-state index in [0.717, 1.165) is 17.8 Å². The van der Waals surface area contributed by atoms with Gasteiger partial charge in [-0.25, -0.2) is 18.7 Å². The van der Waals surface area contributed by atoms with Crippen molar-refractivity contribution < 1.29 is 13.6 Å². The lowest BCUT2D eigenvalue weighted by Crippen LogP contribution is -2.15. The minimum atomic E-state index is -0.855. The zero-order chi connectivity index (χ0) is 20.3. The van der Waals surface area contributed by atoms with Crippen molar-refractivity contribution in [2.45, 2.75) is 26.2 Å². The van der Waals surface area contributed by atoms with Crippen LogP contribution in [0.15, 0.2) is 54.9 Å². The summed E-state index contributed by atoms with van der Waals surface area (Å²) < 4.78 is 27.3. The number of aromatic nitrogens is 2. The molecule has 0 atom stereocenters. The van der Waals surface area contributed by atoms with E-state index in [9.17, 15) is 13.6 Å². The molecular formula is C21H20F2N4O. The van der Waals surface area contributed by atoms with Gasteiger partial charge in [-0.1, -0.05) is 39.0 Å². The quantitative estimate of drug-likeness (QED) is 0.663. The number of nitrogens with zero attached hydrogens (tertiary/aromatic N) is 2. The molecule has 0 spiro atoms. The molecule has 0 bridgehead atoms. The first kappa shape index (κ1) is 19.4. The van der Waals surface area contributed by atoms with E-state index in [2.05, 4.69) is 41.4 Å². The van der Waals surface area contributed by atoms with Gasteiger partial charge < -0.3 is 10.6 Å². The summed E-state index contributed by atoms with van der Waals surface area (Å²) in [5.41, 5.74) is 1.64. The molecule has 3 rings (SSSR count). The Morgan fingerprint density at radius 2 is 1.50 bits per heavy atom. The van der Waals surface area contributed by atoms with Gasteiger partial charge in [0.2, 0.25) is 5.95 Å². The lowest BCUT2D eigenvalue weighted by atomic mass is 9.87. The van der Waals surface area contributed by atoms with E-state index in [1.807, 2.05) is 24.3 Å². The number of carbonyl (C=O) groups excluding carboxylic acids is 1. The standard InChI is InChI=1S/C21H20F2N4O/c1-21(2,3)14-7-9-15(10-8-14)26-20-24-11-13(12-25-20)19(28)27-18-16(22)5-4-6-17(18)23/h4-12H,1-3H3,(H,27,28)(H,24,25,26). The molecule has 7 heteroatoms. The Morgan fingerprint density at radius 3 is 2.04 bits per heavy atom. The molecule has 0 unspecified atom stereocenters. The summed E-state index contributed by atoms with van der Waals surface area (Å²) in [4.78, 5) is 20.3. The van der Waals surface area contributed by atoms with Crippen LogP contribution in [0.25, 0.3) is 0 Å². The fraction of sp³-hybridized carbons (Fsp3) is 0.190. The van der Waals surface area contributed by atoms with E-state index < -0.39 is 23.2 Å². The molecule has 1 heterocycles. The van der Waals surface area contributed by atoms with Crippen molar-refractivity contribution in [2.24, 2.45) is 0 Å². The van der Waals surface area contributed by atoms with Crippen LogP contribution in [0.1, 0.15) is 36.7 Å². The van der Waals surface area contributed by atoms with Crippen LogP contribution in [0.4, 0.5) is 26.1 Å². The van der Waals surface area contributed by atoms with Crippen LogP contribution in [0, 0.1) is 11.6 Å². The Balaban J connectivity index is 1.68. The number of hydrogen-bond donors (Lipinski definition) is 2. The maximum atomic E-state index is 13.6. The average molecular weight is 382 g/mol. The van der Waals surface area contributed by atoms with E-state index >= 15 is 0 Å². The van der Waals surface area contributed by atoms with E-state index in [1.165, 1.54) is 24.0 Å². The third kappa shape index (κ3) is 4.49. The third-order valence-electron chi connectivity index (χ3n) is 4.12. The average Bonchev–Trinajstić information content (AvgIpc) is 2.65. The van der Waals surface area contributed by atoms with Crippen LogP contribution in [-0.4, -0.2) is 15.9 Å². The second kappa shape index (κ2) is 7.72. The van der Waals surface area contributed by atoms with Gasteiger partial charge in [0.1, 0.15) is 17.3 Å². The summed E-state index contributed by atoms with van der Waals surface area (Å²) in [6.07, 6.45) is 2.57. The number of amides is 1. The Labute approximate surface area is 161 Å². The van der Waals surface area contributed by atoms with Crippen molar-refractivity contribution in [2.75, 3.05) is 10.6 Å². The number of carbonyl (C=O) groups is 1. The third-order valence-corrected chi connectivity index (χ3v) is 4.12. The number of nitrogens with one attached hydrogen (secondary N) is 2. The van der Waals surface area contributed by atoms with Gasteiger partial charge in [-0.3, -0.25) is 4.79 Å². The molecule has 0 saturated heterocycles. The zero-order valence-corrected chi connectivity index (χ0v) is 15.8. The number of hydrogen-bond acceptors (Lipinski definition) is 4. The predicted molar refractivity (Wildman–Crippen MR) is 105 cm³/mol. The Morgan fingerprint density at radius 1 is 0.929 bits per heavy atom. The van der Waals surface area contributed by atoms with Crippen LogP contribution >= 0.6 is 0 Å². The van der Waals surface area contributed by atoms with Gasteiger partial charge in [0.25, 0.3) is 5.91 Å². The number of rotatable bonds is 4. The first-order valence-corrected chi connectivity index (χ1v) is 8.69. The highest BCUT2D eigenvalue weighted by atomic mass is 19.1. The van der Waals surface area contributed by atoms with Crippen molar-refractivity contribution in [3.05, 3.63) is 77.6 Å². The van der Waals surface area contributed by atoms with Gasteiger partial charge in [-0.15, -0.1) is 0 Å². The Kier molecular flexibility index (Phi) is 5.35. The lowest BCUT2D eigenvalue weighted by molar-refractivity contribution is 0.102. The Hall–Kier alpha value is -3.35. The normalized spacial score (nSPS) is 11.2. The summed E-state index contributed by atoms with van der Waals surface area (Å²) in [6, 6.07) is 11.2. The largest absolute Gasteiger partial charge is 0.324 e. The van der Waals surface area contributed by atoms with Gasteiger partial charge >= 0.3 is 0 Å². The molecule has 0 aliphatic rings. The second-order valence-electron chi connectivity index (χ2n) is 7.30. The molecular weight excluding hydrogens is 362 g/mol. The molecule has 0 saturated carbocycles. The smallest absolute Gasteiger partial charge is 0.258 e. The predicted octanol–water partition coefficient (Wildman–Crippen LogP) is 5.05. The number of anilines is 3. The number of para-hydroxylation sites is 1. The van der Waals surface area contributed by atoms with Crippen LogP contribution in [-0.2, 0) is 5.41 Å². The van der Waals surface area contributed by atoms with Gasteiger partial charge in [0, 0.05) is 18.1 Å². The molecule has 0 radical (unpaired) electrons. The van der Waals surface area contributed by atoms with E-state index in [-0.39, 0.29) is 11.0 Å².